The number of nitrogens with zero attached hydrogens (tertiary/aromatic N) is 3. The third-order valence-corrected chi connectivity index (χ3v) is 7.24. The Bertz CT molecular complexity index is 1730. The van der Waals surface area contributed by atoms with Gasteiger partial charge in [-0.3, -0.25) is 0 Å². The SMILES string of the molecule is CC(F)(F)CNCc1ncc(-c2ccc3c(c2)Oc2ccc(-c4cnc(C5CC(F)(F)CN5)[nH]4)c4ccn-3c24)[nH]1. The Morgan fingerprint density at radius 1 is 1.07 bits per heavy atom. The Labute approximate surface area is 225 Å². The van der Waals surface area contributed by atoms with Gasteiger partial charge < -0.3 is 29.9 Å². The first-order chi connectivity index (χ1) is 19.1. The first kappa shape index (κ1) is 24.9. The van der Waals surface area contributed by atoms with Crippen molar-refractivity contribution in [3.63, 3.8) is 0 Å². The molecule has 40 heavy (non-hydrogen) atoms. The molecule has 4 N–H and O–H groups in total. The number of benzene rings is 2. The average Bonchev–Trinajstić information content (AvgIpc) is 3.70. The second kappa shape index (κ2) is 8.93. The highest BCUT2D eigenvalue weighted by molar-refractivity contribution is 6.00. The molecule has 0 spiro atoms. The predicted octanol–water partition coefficient (Wildman–Crippen LogP) is 5.93. The zero-order chi connectivity index (χ0) is 27.6. The van der Waals surface area contributed by atoms with Gasteiger partial charge in [-0.15, -0.1) is 0 Å². The third kappa shape index (κ3) is 4.42. The molecule has 3 aromatic heterocycles. The summed E-state index contributed by atoms with van der Waals surface area (Å²) < 4.78 is 61.9. The van der Waals surface area contributed by atoms with E-state index < -0.39 is 24.4 Å². The Hall–Kier alpha value is -4.16. The Morgan fingerprint density at radius 2 is 1.93 bits per heavy atom. The molecular weight excluding hydrogens is 526 g/mol. The minimum atomic E-state index is -2.79. The highest BCUT2D eigenvalue weighted by Gasteiger charge is 2.41. The first-order valence-corrected chi connectivity index (χ1v) is 12.9. The van der Waals surface area contributed by atoms with E-state index in [4.69, 9.17) is 4.74 Å². The Balaban J connectivity index is 1.16. The molecule has 8 nitrogen and oxygen atoms in total. The summed E-state index contributed by atoms with van der Waals surface area (Å²) in [6.07, 6.45) is 5.03. The van der Waals surface area contributed by atoms with Crippen LogP contribution in [0.4, 0.5) is 17.6 Å². The van der Waals surface area contributed by atoms with Crippen LogP contribution in [0.1, 0.15) is 31.0 Å². The number of halogens is 4. The Kier molecular flexibility index (Phi) is 5.55. The fourth-order valence-electron chi connectivity index (χ4n) is 5.39. The van der Waals surface area contributed by atoms with Gasteiger partial charge in [0.15, 0.2) is 11.5 Å². The van der Waals surface area contributed by atoms with Crippen LogP contribution in [-0.2, 0) is 6.54 Å². The summed E-state index contributed by atoms with van der Waals surface area (Å²) in [5.41, 5.74) is 4.97. The number of nitrogens with one attached hydrogen (secondary N) is 4. The number of H-pyrrole nitrogens is 2. The van der Waals surface area contributed by atoms with E-state index in [-0.39, 0.29) is 19.5 Å². The molecule has 1 unspecified atom stereocenters. The van der Waals surface area contributed by atoms with Crippen LogP contribution in [0.5, 0.6) is 11.5 Å². The lowest BCUT2D eigenvalue weighted by Gasteiger charge is -2.21. The fourth-order valence-corrected chi connectivity index (χ4v) is 5.39. The van der Waals surface area contributed by atoms with E-state index in [2.05, 4.69) is 35.1 Å². The standard InChI is InChI=1S/C28H25F4N7O/c1-27(29,30)13-33-12-24-34-10-19(37-24)15-2-4-21-23(8-15)40-22-5-3-16(17-6-7-39(21)25(17)22)20-11-35-26(38-20)18-9-28(31,32)14-36-18/h2-8,10-11,18,33,36H,9,12-14H2,1H3,(H,34,37)(H,35,38). The molecule has 2 aliphatic rings. The summed E-state index contributed by atoms with van der Waals surface area (Å²) in [4.78, 5) is 15.1. The number of hydrogen-bond donors (Lipinski definition) is 4. The zero-order valence-electron chi connectivity index (χ0n) is 21.4. The number of rotatable bonds is 7. The van der Waals surface area contributed by atoms with Crippen LogP contribution in [0.2, 0.25) is 0 Å². The van der Waals surface area contributed by atoms with E-state index in [9.17, 15) is 17.6 Å². The number of imidazole rings is 2. The van der Waals surface area contributed by atoms with Crippen LogP contribution < -0.4 is 15.4 Å². The molecule has 1 atom stereocenters. The van der Waals surface area contributed by atoms with Gasteiger partial charge in [0.05, 0.1) is 60.7 Å². The van der Waals surface area contributed by atoms with Crippen LogP contribution >= 0.6 is 0 Å². The molecule has 0 amide bonds. The number of fused-ring (bicyclic) bond motifs is 2. The van der Waals surface area contributed by atoms with Gasteiger partial charge in [0.25, 0.3) is 11.8 Å². The summed E-state index contributed by atoms with van der Waals surface area (Å²) in [6, 6.07) is 11.1. The number of hydrogen-bond acceptors (Lipinski definition) is 5. The normalized spacial score (nSPS) is 17.8. The Morgan fingerprint density at radius 3 is 2.73 bits per heavy atom. The minimum absolute atomic E-state index is 0.198. The maximum absolute atomic E-state index is 13.7. The number of aromatic amines is 2. The molecule has 5 heterocycles. The van der Waals surface area contributed by atoms with Crippen LogP contribution in [0.15, 0.2) is 55.0 Å². The number of aromatic nitrogens is 5. The molecule has 0 radical (unpaired) electrons. The van der Waals surface area contributed by atoms with Crippen molar-refractivity contribution in [3.8, 4) is 39.7 Å². The van der Waals surface area contributed by atoms with Crippen LogP contribution in [0.3, 0.4) is 0 Å². The molecule has 0 bridgehead atoms. The van der Waals surface area contributed by atoms with Gasteiger partial charge in [0, 0.05) is 36.1 Å². The van der Waals surface area contributed by atoms with E-state index in [1.54, 1.807) is 12.4 Å². The van der Waals surface area contributed by atoms with Gasteiger partial charge in [0.1, 0.15) is 11.6 Å². The van der Waals surface area contributed by atoms with E-state index in [1.165, 1.54) is 0 Å². The molecule has 0 aliphatic carbocycles. The van der Waals surface area contributed by atoms with Crippen LogP contribution in [0.25, 0.3) is 39.1 Å². The molecule has 206 valence electrons. The lowest BCUT2D eigenvalue weighted by Crippen LogP contribution is -2.29. The second-order valence-corrected chi connectivity index (χ2v) is 10.4. The highest BCUT2D eigenvalue weighted by Crippen LogP contribution is 2.45. The lowest BCUT2D eigenvalue weighted by molar-refractivity contribution is 0.0205. The average molecular weight is 552 g/mol. The van der Waals surface area contributed by atoms with Gasteiger partial charge in [-0.1, -0.05) is 6.07 Å². The lowest BCUT2D eigenvalue weighted by atomic mass is 10.1. The molecule has 1 fully saturated rings. The summed E-state index contributed by atoms with van der Waals surface area (Å²) in [5, 5.41) is 6.47. The van der Waals surface area contributed by atoms with E-state index in [1.807, 2.05) is 42.6 Å². The van der Waals surface area contributed by atoms with Crippen molar-refractivity contribution in [3.05, 3.63) is 66.6 Å². The van der Waals surface area contributed by atoms with E-state index in [0.717, 1.165) is 46.0 Å². The minimum Gasteiger partial charge on any atom is -0.453 e. The van der Waals surface area contributed by atoms with Crippen LogP contribution in [0, 0.1) is 0 Å². The fraction of sp³-hybridized carbons (Fsp3) is 0.286. The van der Waals surface area contributed by atoms with Crippen molar-refractivity contribution in [1.29, 1.82) is 0 Å². The van der Waals surface area contributed by atoms with E-state index >= 15 is 0 Å². The largest absolute Gasteiger partial charge is 0.453 e. The highest BCUT2D eigenvalue weighted by atomic mass is 19.3. The van der Waals surface area contributed by atoms with Crippen molar-refractivity contribution in [1.82, 2.24) is 35.1 Å². The molecule has 12 heteroatoms. The first-order valence-electron chi connectivity index (χ1n) is 12.9. The predicted molar refractivity (Wildman–Crippen MR) is 141 cm³/mol. The van der Waals surface area contributed by atoms with Crippen molar-refractivity contribution in [2.75, 3.05) is 13.1 Å². The molecular formula is C28H25F4N7O. The third-order valence-electron chi connectivity index (χ3n) is 7.24. The summed E-state index contributed by atoms with van der Waals surface area (Å²) in [5.74, 6) is -3.14. The van der Waals surface area contributed by atoms with Gasteiger partial charge in [0.2, 0.25) is 0 Å². The van der Waals surface area contributed by atoms with Crippen molar-refractivity contribution < 1.29 is 22.3 Å². The molecule has 7 rings (SSSR count). The van der Waals surface area contributed by atoms with Gasteiger partial charge in [-0.05, 0) is 30.3 Å². The van der Waals surface area contributed by atoms with Crippen molar-refractivity contribution >= 4 is 10.9 Å². The quantitative estimate of drug-likeness (QED) is 0.185. The van der Waals surface area contributed by atoms with Gasteiger partial charge in [-0.25, -0.2) is 27.5 Å². The van der Waals surface area contributed by atoms with Crippen LogP contribution in [-0.4, -0.2) is 49.4 Å². The summed E-state index contributed by atoms with van der Waals surface area (Å²) >= 11 is 0. The van der Waals surface area contributed by atoms with Gasteiger partial charge in [-0.2, -0.15) is 0 Å². The van der Waals surface area contributed by atoms with Gasteiger partial charge >= 0.3 is 0 Å². The number of alkyl halides is 4. The second-order valence-electron chi connectivity index (χ2n) is 10.4. The smallest absolute Gasteiger partial charge is 0.262 e. The van der Waals surface area contributed by atoms with E-state index in [0.29, 0.717) is 23.1 Å². The molecule has 2 aromatic carbocycles. The monoisotopic (exact) mass is 551 g/mol. The van der Waals surface area contributed by atoms with Crippen molar-refractivity contribution in [2.45, 2.75) is 37.8 Å². The molecule has 5 aromatic rings. The maximum atomic E-state index is 13.7. The zero-order valence-corrected chi connectivity index (χ0v) is 21.4. The molecule has 2 aliphatic heterocycles. The molecule has 1 saturated heterocycles. The maximum Gasteiger partial charge on any atom is 0.262 e. The molecule has 0 saturated carbocycles. The summed E-state index contributed by atoms with van der Waals surface area (Å²) in [7, 11) is 0. The summed E-state index contributed by atoms with van der Waals surface area (Å²) in [6.45, 7) is 0.280. The van der Waals surface area contributed by atoms with Crippen molar-refractivity contribution in [2.24, 2.45) is 0 Å². The number of ether oxygens (including phenoxy) is 1. The topological polar surface area (TPSA) is 95.6 Å².